The van der Waals surface area contributed by atoms with Crippen molar-refractivity contribution < 1.29 is 0 Å². The van der Waals surface area contributed by atoms with Crippen molar-refractivity contribution in [3.05, 3.63) is 241 Å². The van der Waals surface area contributed by atoms with Crippen LogP contribution in [0.25, 0.3) is 69.6 Å². The van der Waals surface area contributed by atoms with Gasteiger partial charge in [0.15, 0.2) is 0 Å². The van der Waals surface area contributed by atoms with Crippen LogP contribution >= 0.6 is 23.1 Å². The average Bonchev–Trinajstić information content (AvgIpc) is 3.89. The normalized spacial score (nSPS) is 15.0. The Labute approximate surface area is 372 Å². The zero-order valence-corrected chi connectivity index (χ0v) is 35.6. The fraction of sp³-hybridized carbons (Fsp3) is 0.0169. The van der Waals surface area contributed by atoms with Gasteiger partial charge in [-0.3, -0.25) is 0 Å². The molecular weight excluding hydrogens is 801 g/mol. The standard InChI is InChI=1S/C59H36N2S2/c1-2-17-38(18-3-1)61-50-26-9-5-20-42(50)43-33-31-39(35-52(43)61)60(51-27-14-30-55-58(51)45-21-6-10-28-53(45)62-55)40-32-34-48-56(36-40)63-54-29-11-8-24-47(54)59(48)46-23-7-4-19-41(46)44-22-12-15-37-16-13-25-49(59)57(37)44/h1-36H. The summed E-state index contributed by atoms with van der Waals surface area (Å²) in [5.74, 6) is 0. The number of aromatic nitrogens is 1. The third-order valence-electron chi connectivity index (χ3n) is 13.6. The summed E-state index contributed by atoms with van der Waals surface area (Å²) in [5.41, 5.74) is 14.4. The van der Waals surface area contributed by atoms with Gasteiger partial charge in [0.2, 0.25) is 0 Å². The molecule has 1 spiro atoms. The largest absolute Gasteiger partial charge is 0.310 e. The third-order valence-corrected chi connectivity index (χ3v) is 15.9. The Kier molecular flexibility index (Phi) is 7.45. The molecule has 0 saturated heterocycles. The summed E-state index contributed by atoms with van der Waals surface area (Å²) < 4.78 is 5.00. The second-order valence-electron chi connectivity index (χ2n) is 16.8. The molecule has 2 aromatic heterocycles. The zero-order chi connectivity index (χ0) is 41.2. The first-order chi connectivity index (χ1) is 31.3. The Morgan fingerprint density at radius 3 is 1.97 bits per heavy atom. The monoisotopic (exact) mass is 836 g/mol. The molecule has 0 saturated carbocycles. The highest BCUT2D eigenvalue weighted by molar-refractivity contribution is 7.99. The van der Waals surface area contributed by atoms with Crippen LogP contribution in [0.4, 0.5) is 17.1 Å². The smallest absolute Gasteiger partial charge is 0.0735 e. The molecule has 4 heteroatoms. The van der Waals surface area contributed by atoms with E-state index >= 15 is 0 Å². The van der Waals surface area contributed by atoms with Gasteiger partial charge in [0.05, 0.1) is 22.1 Å². The molecule has 1 atom stereocenters. The SMILES string of the molecule is c1ccc(-n2c3ccccc3c3ccc(N(c4ccc5c(c4)Sc4ccccc4C54c5ccccc5-c5cccc6cccc4c56)c4cccc5sc6ccccc6c45)cc32)cc1. The lowest BCUT2D eigenvalue weighted by Crippen LogP contribution is -2.36. The molecule has 294 valence electrons. The summed E-state index contributed by atoms with van der Waals surface area (Å²) in [6.45, 7) is 0. The van der Waals surface area contributed by atoms with Crippen LogP contribution < -0.4 is 4.90 Å². The number of hydrogen-bond acceptors (Lipinski definition) is 3. The molecule has 2 aliphatic rings. The van der Waals surface area contributed by atoms with E-state index in [0.29, 0.717) is 0 Å². The molecule has 0 radical (unpaired) electrons. The maximum Gasteiger partial charge on any atom is 0.0735 e. The summed E-state index contributed by atoms with van der Waals surface area (Å²) in [4.78, 5) is 5.08. The van der Waals surface area contributed by atoms with Gasteiger partial charge in [0.1, 0.15) is 0 Å². The summed E-state index contributed by atoms with van der Waals surface area (Å²) >= 11 is 3.77. The molecule has 63 heavy (non-hydrogen) atoms. The molecular formula is C59H36N2S2. The lowest BCUT2D eigenvalue weighted by Gasteiger charge is -2.46. The highest BCUT2D eigenvalue weighted by Gasteiger charge is 2.48. The van der Waals surface area contributed by atoms with E-state index in [2.05, 4.69) is 228 Å². The molecule has 3 heterocycles. The summed E-state index contributed by atoms with van der Waals surface area (Å²) in [7, 11) is 0. The van der Waals surface area contributed by atoms with Crippen molar-refractivity contribution in [2.45, 2.75) is 15.2 Å². The first-order valence-corrected chi connectivity index (χ1v) is 23.2. The lowest BCUT2D eigenvalue weighted by molar-refractivity contribution is 0.707. The van der Waals surface area contributed by atoms with Gasteiger partial charge in [0.25, 0.3) is 0 Å². The lowest BCUT2D eigenvalue weighted by atomic mass is 9.59. The number of thiophene rings is 1. The third kappa shape index (κ3) is 4.85. The van der Waals surface area contributed by atoms with E-state index in [-0.39, 0.29) is 0 Å². The van der Waals surface area contributed by atoms with Crippen molar-refractivity contribution in [2.24, 2.45) is 0 Å². The van der Waals surface area contributed by atoms with E-state index in [4.69, 9.17) is 0 Å². The minimum Gasteiger partial charge on any atom is -0.310 e. The van der Waals surface area contributed by atoms with Crippen molar-refractivity contribution in [1.29, 1.82) is 0 Å². The molecule has 0 bridgehead atoms. The first-order valence-electron chi connectivity index (χ1n) is 21.6. The van der Waals surface area contributed by atoms with E-state index in [0.717, 1.165) is 17.1 Å². The predicted octanol–water partition coefficient (Wildman–Crippen LogP) is 16.6. The van der Waals surface area contributed by atoms with Gasteiger partial charge in [-0.15, -0.1) is 11.3 Å². The minimum absolute atomic E-state index is 0.510. The first kappa shape index (κ1) is 35.2. The quantitative estimate of drug-likeness (QED) is 0.174. The molecule has 1 aliphatic carbocycles. The molecule has 1 aliphatic heterocycles. The maximum absolute atomic E-state index is 2.52. The van der Waals surface area contributed by atoms with Crippen LogP contribution in [-0.4, -0.2) is 4.57 Å². The predicted molar refractivity (Wildman–Crippen MR) is 267 cm³/mol. The van der Waals surface area contributed by atoms with Gasteiger partial charge in [-0.05, 0) is 111 Å². The van der Waals surface area contributed by atoms with Gasteiger partial charge in [-0.2, -0.15) is 0 Å². The Morgan fingerprint density at radius 2 is 1.05 bits per heavy atom. The van der Waals surface area contributed by atoms with Crippen molar-refractivity contribution in [3.8, 4) is 16.8 Å². The van der Waals surface area contributed by atoms with Crippen molar-refractivity contribution in [2.75, 3.05) is 4.90 Å². The van der Waals surface area contributed by atoms with E-state index in [1.165, 1.54) is 102 Å². The van der Waals surface area contributed by atoms with Crippen LogP contribution in [0.15, 0.2) is 228 Å². The van der Waals surface area contributed by atoms with Gasteiger partial charge >= 0.3 is 0 Å². The van der Waals surface area contributed by atoms with Crippen LogP contribution in [0.5, 0.6) is 0 Å². The van der Waals surface area contributed by atoms with Gasteiger partial charge in [-0.25, -0.2) is 0 Å². The van der Waals surface area contributed by atoms with Crippen molar-refractivity contribution >= 4 is 92.9 Å². The number of nitrogens with zero attached hydrogens (tertiary/aromatic N) is 2. The van der Waals surface area contributed by atoms with E-state index in [1.807, 2.05) is 23.1 Å². The van der Waals surface area contributed by atoms with Gasteiger partial charge in [-0.1, -0.05) is 163 Å². The summed E-state index contributed by atoms with van der Waals surface area (Å²) in [5, 5.41) is 7.66. The Bertz CT molecular complexity index is 3850. The maximum atomic E-state index is 2.52. The van der Waals surface area contributed by atoms with Crippen molar-refractivity contribution in [3.63, 3.8) is 0 Å². The summed E-state index contributed by atoms with van der Waals surface area (Å²) in [6, 6.07) is 81.7. The minimum atomic E-state index is -0.510. The molecule has 0 amide bonds. The number of anilines is 3. The van der Waals surface area contributed by atoms with Crippen LogP contribution in [0.3, 0.4) is 0 Å². The molecule has 2 nitrogen and oxygen atoms in total. The number of fused-ring (bicyclic) bond motifs is 14. The Morgan fingerprint density at radius 1 is 0.397 bits per heavy atom. The van der Waals surface area contributed by atoms with E-state index in [1.54, 1.807) is 0 Å². The van der Waals surface area contributed by atoms with Crippen LogP contribution in [0.2, 0.25) is 0 Å². The fourth-order valence-corrected chi connectivity index (χ4v) is 13.5. The molecule has 1 unspecified atom stereocenters. The molecule has 12 aromatic rings. The summed E-state index contributed by atoms with van der Waals surface area (Å²) in [6.07, 6.45) is 0. The number of benzene rings is 10. The Balaban J connectivity index is 1.07. The Hall–Kier alpha value is -7.37. The van der Waals surface area contributed by atoms with Gasteiger partial charge < -0.3 is 9.47 Å². The molecule has 14 rings (SSSR count). The average molecular weight is 837 g/mol. The highest BCUT2D eigenvalue weighted by atomic mass is 32.2. The van der Waals surface area contributed by atoms with E-state index in [9.17, 15) is 0 Å². The number of para-hydroxylation sites is 2. The topological polar surface area (TPSA) is 8.17 Å². The number of rotatable bonds is 4. The van der Waals surface area contributed by atoms with Crippen LogP contribution in [-0.2, 0) is 5.41 Å². The second kappa shape index (κ2) is 13.3. The molecule has 10 aromatic carbocycles. The second-order valence-corrected chi connectivity index (χ2v) is 18.9. The zero-order valence-electron chi connectivity index (χ0n) is 34.0. The fourth-order valence-electron chi connectivity index (χ4n) is 11.1. The van der Waals surface area contributed by atoms with Gasteiger partial charge in [0, 0.05) is 57.8 Å². The highest BCUT2D eigenvalue weighted by Crippen LogP contribution is 2.62. The van der Waals surface area contributed by atoms with Crippen LogP contribution in [0, 0.1) is 0 Å². The number of hydrogen-bond donors (Lipinski definition) is 0. The molecule has 0 N–H and O–H groups in total. The van der Waals surface area contributed by atoms with E-state index < -0.39 is 5.41 Å². The molecule has 0 fully saturated rings. The van der Waals surface area contributed by atoms with Crippen LogP contribution in [0.1, 0.15) is 22.3 Å². The van der Waals surface area contributed by atoms with Crippen molar-refractivity contribution in [1.82, 2.24) is 4.57 Å².